The average Bonchev–Trinajstić information content (AvgIpc) is 3.35. The van der Waals surface area contributed by atoms with E-state index in [9.17, 15) is 9.59 Å². The highest BCUT2D eigenvalue weighted by molar-refractivity contribution is 6.17. The van der Waals surface area contributed by atoms with Crippen LogP contribution in [-0.4, -0.2) is 18.9 Å². The number of nitrogens with one attached hydrogen (secondary N) is 1. The van der Waals surface area contributed by atoms with Crippen LogP contribution in [0.3, 0.4) is 0 Å². The van der Waals surface area contributed by atoms with E-state index >= 15 is 0 Å². The number of benzene rings is 2. The summed E-state index contributed by atoms with van der Waals surface area (Å²) >= 11 is 0. The van der Waals surface area contributed by atoms with Crippen LogP contribution < -0.4 is 10.2 Å². The van der Waals surface area contributed by atoms with Gasteiger partial charge in [0.25, 0.3) is 0 Å². The predicted molar refractivity (Wildman–Crippen MR) is 96.1 cm³/mol. The summed E-state index contributed by atoms with van der Waals surface area (Å²) in [7, 11) is 1.72. The lowest BCUT2D eigenvalue weighted by atomic mass is 10.0. The van der Waals surface area contributed by atoms with Gasteiger partial charge in [0.2, 0.25) is 11.8 Å². The van der Waals surface area contributed by atoms with Crippen molar-refractivity contribution in [1.82, 2.24) is 0 Å². The number of carbonyl (C=O) groups excluding carboxylic acids is 2. The molecule has 1 aliphatic carbocycles. The minimum absolute atomic E-state index is 0.143. The van der Waals surface area contributed by atoms with Gasteiger partial charge in [0.05, 0.1) is 0 Å². The highest BCUT2D eigenvalue weighted by atomic mass is 16.2. The summed E-state index contributed by atoms with van der Waals surface area (Å²) in [5.41, 5.74) is 2.79. The highest BCUT2D eigenvalue weighted by Gasteiger charge is 2.57. The number of rotatable bonds is 4. The van der Waals surface area contributed by atoms with Gasteiger partial charge in [-0.15, -0.1) is 0 Å². The summed E-state index contributed by atoms with van der Waals surface area (Å²) in [6, 6.07) is 15.3. The molecule has 24 heavy (non-hydrogen) atoms. The summed E-state index contributed by atoms with van der Waals surface area (Å²) in [5, 5.41) is 2.93. The summed E-state index contributed by atoms with van der Waals surface area (Å²) in [6.45, 7) is 3.98. The number of aryl methyl sites for hydroxylation is 2. The number of carbonyl (C=O) groups is 2. The van der Waals surface area contributed by atoms with Crippen LogP contribution in [0.2, 0.25) is 0 Å². The molecule has 1 aliphatic rings. The van der Waals surface area contributed by atoms with Crippen LogP contribution >= 0.6 is 0 Å². The topological polar surface area (TPSA) is 49.4 Å². The van der Waals surface area contributed by atoms with E-state index < -0.39 is 5.41 Å². The Labute approximate surface area is 142 Å². The van der Waals surface area contributed by atoms with Crippen LogP contribution in [-0.2, 0) is 9.59 Å². The molecule has 1 fully saturated rings. The van der Waals surface area contributed by atoms with Crippen LogP contribution in [0.1, 0.15) is 24.0 Å². The molecule has 0 atom stereocenters. The van der Waals surface area contributed by atoms with Gasteiger partial charge in [-0.25, -0.2) is 0 Å². The van der Waals surface area contributed by atoms with E-state index in [1.165, 1.54) is 0 Å². The van der Waals surface area contributed by atoms with E-state index in [4.69, 9.17) is 0 Å². The third-order valence-corrected chi connectivity index (χ3v) is 4.52. The van der Waals surface area contributed by atoms with Crippen molar-refractivity contribution in [2.75, 3.05) is 17.3 Å². The lowest BCUT2D eigenvalue weighted by Gasteiger charge is -2.23. The van der Waals surface area contributed by atoms with Crippen LogP contribution in [0.4, 0.5) is 11.4 Å². The van der Waals surface area contributed by atoms with Crippen molar-refractivity contribution in [1.29, 1.82) is 0 Å². The highest BCUT2D eigenvalue weighted by Crippen LogP contribution is 2.48. The Kier molecular flexibility index (Phi) is 4.14. The van der Waals surface area contributed by atoms with Gasteiger partial charge in [-0.05, 0) is 62.1 Å². The van der Waals surface area contributed by atoms with Gasteiger partial charge in [0, 0.05) is 18.4 Å². The largest absolute Gasteiger partial charge is 0.325 e. The number of hydrogen-bond donors (Lipinski definition) is 1. The normalized spacial score (nSPS) is 14.8. The molecule has 0 unspecified atom stereocenters. The van der Waals surface area contributed by atoms with Gasteiger partial charge in [-0.2, -0.15) is 0 Å². The molecule has 0 saturated heterocycles. The van der Waals surface area contributed by atoms with Crippen molar-refractivity contribution in [2.24, 2.45) is 5.41 Å². The molecule has 3 rings (SSSR count). The smallest absolute Gasteiger partial charge is 0.242 e. The van der Waals surface area contributed by atoms with Crippen LogP contribution in [0.5, 0.6) is 0 Å². The van der Waals surface area contributed by atoms with E-state index in [1.807, 2.05) is 56.3 Å². The summed E-state index contributed by atoms with van der Waals surface area (Å²) < 4.78 is 0. The van der Waals surface area contributed by atoms with Crippen LogP contribution in [0, 0.1) is 19.3 Å². The molecule has 0 bridgehead atoms. The summed E-state index contributed by atoms with van der Waals surface area (Å²) in [6.07, 6.45) is 1.19. The third kappa shape index (κ3) is 3.04. The Balaban J connectivity index is 1.77. The zero-order valence-corrected chi connectivity index (χ0v) is 14.3. The molecule has 2 aromatic rings. The SMILES string of the molecule is Cc1cc(C)cc(NC(=O)C2(C(=O)N(C)c3ccccc3)CC2)c1. The van der Waals surface area contributed by atoms with E-state index in [-0.39, 0.29) is 11.8 Å². The second kappa shape index (κ2) is 6.11. The molecule has 4 heteroatoms. The molecule has 2 aromatic carbocycles. The molecule has 1 saturated carbocycles. The molecule has 0 aromatic heterocycles. The summed E-state index contributed by atoms with van der Waals surface area (Å²) in [5.74, 6) is -0.351. The van der Waals surface area contributed by atoms with Crippen molar-refractivity contribution in [2.45, 2.75) is 26.7 Å². The molecular formula is C20H22N2O2. The van der Waals surface area contributed by atoms with Crippen molar-refractivity contribution in [3.05, 3.63) is 59.7 Å². The maximum absolute atomic E-state index is 12.9. The second-order valence-corrected chi connectivity index (χ2v) is 6.61. The summed E-state index contributed by atoms with van der Waals surface area (Å²) in [4.78, 5) is 27.2. The first-order chi connectivity index (χ1) is 11.4. The zero-order chi connectivity index (χ0) is 17.3. The molecule has 0 heterocycles. The molecule has 1 N–H and O–H groups in total. The third-order valence-electron chi connectivity index (χ3n) is 4.52. The van der Waals surface area contributed by atoms with Gasteiger partial charge in [0.15, 0.2) is 0 Å². The lowest BCUT2D eigenvalue weighted by molar-refractivity contribution is -0.132. The van der Waals surface area contributed by atoms with Crippen molar-refractivity contribution < 1.29 is 9.59 Å². The quantitative estimate of drug-likeness (QED) is 0.873. The van der Waals surface area contributed by atoms with Crippen LogP contribution in [0.25, 0.3) is 0 Å². The first-order valence-electron chi connectivity index (χ1n) is 8.15. The van der Waals surface area contributed by atoms with Crippen molar-refractivity contribution in [3.63, 3.8) is 0 Å². The number of nitrogens with zero attached hydrogens (tertiary/aromatic N) is 1. The Bertz CT molecular complexity index is 759. The standard InChI is InChI=1S/C20H22N2O2/c1-14-11-15(2)13-16(12-14)21-18(23)20(9-10-20)19(24)22(3)17-7-5-4-6-8-17/h4-8,11-13H,9-10H2,1-3H3,(H,21,23). The number of anilines is 2. The lowest BCUT2D eigenvalue weighted by Crippen LogP contribution is -2.41. The molecule has 2 amide bonds. The first-order valence-corrected chi connectivity index (χ1v) is 8.15. The van der Waals surface area contributed by atoms with E-state index in [0.717, 1.165) is 22.5 Å². The Hall–Kier alpha value is -2.62. The second-order valence-electron chi connectivity index (χ2n) is 6.61. The molecule has 0 radical (unpaired) electrons. The van der Waals surface area contributed by atoms with Gasteiger partial charge in [-0.3, -0.25) is 9.59 Å². The van der Waals surface area contributed by atoms with Crippen molar-refractivity contribution in [3.8, 4) is 0 Å². The fourth-order valence-electron chi connectivity index (χ4n) is 3.05. The van der Waals surface area contributed by atoms with Gasteiger partial charge >= 0.3 is 0 Å². The van der Waals surface area contributed by atoms with Crippen LogP contribution in [0.15, 0.2) is 48.5 Å². The maximum Gasteiger partial charge on any atom is 0.242 e. The zero-order valence-electron chi connectivity index (χ0n) is 14.3. The Morgan fingerprint density at radius 1 is 1.00 bits per heavy atom. The number of hydrogen-bond acceptors (Lipinski definition) is 2. The Morgan fingerprint density at radius 2 is 1.58 bits per heavy atom. The van der Waals surface area contributed by atoms with Gasteiger partial charge < -0.3 is 10.2 Å². The molecular weight excluding hydrogens is 300 g/mol. The monoisotopic (exact) mass is 322 g/mol. The minimum Gasteiger partial charge on any atom is -0.325 e. The minimum atomic E-state index is -0.928. The fourth-order valence-corrected chi connectivity index (χ4v) is 3.05. The van der Waals surface area contributed by atoms with Gasteiger partial charge in [0.1, 0.15) is 5.41 Å². The molecule has 0 spiro atoms. The van der Waals surface area contributed by atoms with Gasteiger partial charge in [-0.1, -0.05) is 24.3 Å². The number of amides is 2. The van der Waals surface area contributed by atoms with E-state index in [1.54, 1.807) is 11.9 Å². The predicted octanol–water partition coefficient (Wildman–Crippen LogP) is 3.69. The Morgan fingerprint density at radius 3 is 2.12 bits per heavy atom. The average molecular weight is 322 g/mol. The maximum atomic E-state index is 12.9. The molecule has 4 nitrogen and oxygen atoms in total. The molecule has 124 valence electrons. The van der Waals surface area contributed by atoms with E-state index in [0.29, 0.717) is 12.8 Å². The first kappa shape index (κ1) is 16.2. The fraction of sp³-hybridized carbons (Fsp3) is 0.300. The van der Waals surface area contributed by atoms with E-state index in [2.05, 4.69) is 11.4 Å². The van der Waals surface area contributed by atoms with Crippen molar-refractivity contribution >= 4 is 23.2 Å². The molecule has 0 aliphatic heterocycles. The number of para-hydroxylation sites is 1.